The lowest BCUT2D eigenvalue weighted by Crippen LogP contribution is -2.14. The molecule has 3 rings (SSSR count). The number of unbranched alkanes of at least 4 members (excludes halogenated alkanes) is 2. The molecular weight excluding hydrogens is 404 g/mol. The van der Waals surface area contributed by atoms with Crippen molar-refractivity contribution in [3.8, 4) is 5.75 Å². The molecule has 1 heterocycles. The molecule has 0 bridgehead atoms. The van der Waals surface area contributed by atoms with Crippen LogP contribution in [0.1, 0.15) is 47.2 Å². The normalized spacial score (nSPS) is 10.5. The van der Waals surface area contributed by atoms with Crippen LogP contribution in [-0.2, 0) is 17.6 Å². The molecule has 0 atom stereocenters. The lowest BCUT2D eigenvalue weighted by atomic mass is 10.1. The second-order valence-corrected chi connectivity index (χ2v) is 7.57. The Bertz CT molecular complexity index is 1000. The summed E-state index contributed by atoms with van der Waals surface area (Å²) in [6, 6.07) is 21.0. The Balaban J connectivity index is 1.32. The molecule has 0 radical (unpaired) electrons. The molecular formula is C26H28N2O4. The van der Waals surface area contributed by atoms with Gasteiger partial charge in [-0.2, -0.15) is 0 Å². The highest BCUT2D eigenvalue weighted by Crippen LogP contribution is 2.15. The lowest BCUT2D eigenvalue weighted by Gasteiger charge is -2.08. The highest BCUT2D eigenvalue weighted by atomic mass is 16.5. The molecule has 2 N–H and O–H groups in total. The van der Waals surface area contributed by atoms with E-state index in [9.17, 15) is 9.59 Å². The Hall–Kier alpha value is -3.67. The fourth-order valence-electron chi connectivity index (χ4n) is 3.29. The number of rotatable bonds is 12. The molecule has 0 unspecified atom stereocenters. The number of carbonyl (C=O) groups is 2. The van der Waals surface area contributed by atoms with Gasteiger partial charge in [0.25, 0.3) is 0 Å². The molecule has 0 aliphatic heterocycles. The Labute approximate surface area is 188 Å². The summed E-state index contributed by atoms with van der Waals surface area (Å²) in [5.74, 6) is -0.202. The third kappa shape index (κ3) is 7.87. The number of pyridine rings is 1. The molecule has 6 nitrogen and oxygen atoms in total. The number of aryl methyl sites for hydroxylation is 2. The van der Waals surface area contributed by atoms with Gasteiger partial charge in [-0.05, 0) is 67.5 Å². The van der Waals surface area contributed by atoms with Gasteiger partial charge in [0.2, 0.25) is 5.91 Å². The van der Waals surface area contributed by atoms with Gasteiger partial charge in [-0.1, -0.05) is 42.5 Å². The molecule has 1 amide bonds. The second kappa shape index (κ2) is 12.2. The van der Waals surface area contributed by atoms with Gasteiger partial charge in [-0.15, -0.1) is 0 Å². The molecule has 0 spiro atoms. The Morgan fingerprint density at radius 3 is 2.38 bits per heavy atom. The molecule has 1 aromatic heterocycles. The van der Waals surface area contributed by atoms with Crippen molar-refractivity contribution in [2.75, 3.05) is 11.9 Å². The van der Waals surface area contributed by atoms with E-state index in [1.54, 1.807) is 0 Å². The van der Waals surface area contributed by atoms with Gasteiger partial charge >= 0.3 is 5.97 Å². The third-order valence-electron chi connectivity index (χ3n) is 5.06. The highest BCUT2D eigenvalue weighted by Gasteiger charge is 2.08. The molecule has 0 saturated heterocycles. The number of carboxylic acids is 1. The number of nitrogens with zero attached hydrogens (tertiary/aromatic N) is 1. The van der Waals surface area contributed by atoms with Crippen molar-refractivity contribution >= 4 is 17.7 Å². The molecule has 166 valence electrons. The first-order valence-electron chi connectivity index (χ1n) is 10.8. The number of nitrogens with one attached hydrogen (secondary N) is 1. The van der Waals surface area contributed by atoms with Crippen LogP contribution in [0.5, 0.6) is 5.75 Å². The summed E-state index contributed by atoms with van der Waals surface area (Å²) < 4.78 is 5.81. The maximum atomic E-state index is 12.1. The van der Waals surface area contributed by atoms with Crippen LogP contribution in [0.15, 0.2) is 72.9 Å². The van der Waals surface area contributed by atoms with Crippen molar-refractivity contribution in [2.24, 2.45) is 0 Å². The maximum Gasteiger partial charge on any atom is 0.335 e. The number of carbonyl (C=O) groups excluding carboxylic acids is 1. The summed E-state index contributed by atoms with van der Waals surface area (Å²) >= 11 is 0. The van der Waals surface area contributed by atoms with Gasteiger partial charge in [0.05, 0.1) is 12.2 Å². The van der Waals surface area contributed by atoms with Gasteiger partial charge in [-0.3, -0.25) is 4.79 Å². The third-order valence-corrected chi connectivity index (χ3v) is 5.06. The van der Waals surface area contributed by atoms with Gasteiger partial charge < -0.3 is 15.2 Å². The van der Waals surface area contributed by atoms with Crippen molar-refractivity contribution in [2.45, 2.75) is 38.5 Å². The average Bonchev–Trinajstić information content (AvgIpc) is 2.81. The Morgan fingerprint density at radius 2 is 1.62 bits per heavy atom. The topological polar surface area (TPSA) is 88.5 Å². The maximum absolute atomic E-state index is 12.1. The van der Waals surface area contributed by atoms with Crippen LogP contribution in [0.25, 0.3) is 0 Å². The first-order valence-corrected chi connectivity index (χ1v) is 10.8. The van der Waals surface area contributed by atoms with E-state index in [1.165, 1.54) is 23.9 Å². The summed E-state index contributed by atoms with van der Waals surface area (Å²) in [4.78, 5) is 27.1. The molecule has 32 heavy (non-hydrogen) atoms. The molecule has 3 aromatic rings. The van der Waals surface area contributed by atoms with Crippen LogP contribution in [-0.4, -0.2) is 28.6 Å². The standard InChI is InChI=1S/C26H28N2O4/c29-25(28-24-19-22(26(30)31)16-17-27-24)15-12-21-10-13-23(14-11-21)32-18-6-2-5-9-20-7-3-1-4-8-20/h1,3-4,7-8,10-11,13-14,16-17,19H,2,5-6,9,12,15,18H2,(H,30,31)(H,27,28,29). The van der Waals surface area contributed by atoms with E-state index >= 15 is 0 Å². The lowest BCUT2D eigenvalue weighted by molar-refractivity contribution is -0.116. The van der Waals surface area contributed by atoms with Crippen LogP contribution >= 0.6 is 0 Å². The number of hydrogen-bond acceptors (Lipinski definition) is 4. The fraction of sp³-hybridized carbons (Fsp3) is 0.269. The van der Waals surface area contributed by atoms with Gasteiger partial charge in [0, 0.05) is 12.6 Å². The first kappa shape index (κ1) is 23.0. The minimum atomic E-state index is -1.06. The summed E-state index contributed by atoms with van der Waals surface area (Å²) in [5.41, 5.74) is 2.49. The van der Waals surface area contributed by atoms with E-state index in [2.05, 4.69) is 34.6 Å². The van der Waals surface area contributed by atoms with E-state index in [4.69, 9.17) is 9.84 Å². The summed E-state index contributed by atoms with van der Waals surface area (Å²) in [6.45, 7) is 0.693. The Kier molecular flexibility index (Phi) is 8.80. The zero-order valence-electron chi connectivity index (χ0n) is 18.0. The number of aromatic carboxylic acids is 1. The number of hydrogen-bond donors (Lipinski definition) is 2. The fourth-order valence-corrected chi connectivity index (χ4v) is 3.29. The second-order valence-electron chi connectivity index (χ2n) is 7.57. The van der Waals surface area contributed by atoms with Crippen LogP contribution in [0, 0.1) is 0 Å². The van der Waals surface area contributed by atoms with Crippen LogP contribution < -0.4 is 10.1 Å². The van der Waals surface area contributed by atoms with E-state index < -0.39 is 5.97 Å². The number of benzene rings is 2. The number of amides is 1. The highest BCUT2D eigenvalue weighted by molar-refractivity contribution is 5.92. The number of ether oxygens (including phenoxy) is 1. The molecule has 6 heteroatoms. The van der Waals surface area contributed by atoms with Crippen molar-refractivity contribution < 1.29 is 19.4 Å². The number of anilines is 1. The predicted octanol–water partition coefficient (Wildman–Crippen LogP) is 5.14. The zero-order valence-corrected chi connectivity index (χ0v) is 18.0. The molecule has 0 saturated carbocycles. The molecule has 0 aliphatic carbocycles. The SMILES string of the molecule is O=C(CCc1ccc(OCCCCCc2ccccc2)cc1)Nc1cc(C(=O)O)ccn1. The van der Waals surface area contributed by atoms with E-state index in [-0.39, 0.29) is 23.7 Å². The molecule has 2 aromatic carbocycles. The van der Waals surface area contributed by atoms with Gasteiger partial charge in [0.15, 0.2) is 0 Å². The van der Waals surface area contributed by atoms with Gasteiger partial charge in [-0.25, -0.2) is 9.78 Å². The van der Waals surface area contributed by atoms with Crippen molar-refractivity contribution in [3.05, 3.63) is 89.6 Å². The smallest absolute Gasteiger partial charge is 0.335 e. The van der Waals surface area contributed by atoms with Crippen LogP contribution in [0.4, 0.5) is 5.82 Å². The largest absolute Gasteiger partial charge is 0.494 e. The zero-order chi connectivity index (χ0) is 22.6. The van der Waals surface area contributed by atoms with Gasteiger partial charge in [0.1, 0.15) is 11.6 Å². The summed E-state index contributed by atoms with van der Waals surface area (Å²) in [6.07, 6.45) is 6.62. The minimum Gasteiger partial charge on any atom is -0.494 e. The van der Waals surface area contributed by atoms with Crippen molar-refractivity contribution in [1.29, 1.82) is 0 Å². The predicted molar refractivity (Wildman–Crippen MR) is 124 cm³/mol. The first-order chi connectivity index (χ1) is 15.6. The number of aromatic nitrogens is 1. The monoisotopic (exact) mass is 432 g/mol. The van der Waals surface area contributed by atoms with Crippen LogP contribution in [0.2, 0.25) is 0 Å². The molecule has 0 aliphatic rings. The van der Waals surface area contributed by atoms with Crippen molar-refractivity contribution in [3.63, 3.8) is 0 Å². The van der Waals surface area contributed by atoms with Crippen molar-refractivity contribution in [1.82, 2.24) is 4.98 Å². The van der Waals surface area contributed by atoms with E-state index in [1.807, 2.05) is 30.3 Å². The quantitative estimate of drug-likeness (QED) is 0.387. The van der Waals surface area contributed by atoms with E-state index in [0.29, 0.717) is 13.0 Å². The van der Waals surface area contributed by atoms with E-state index in [0.717, 1.165) is 37.0 Å². The van der Waals surface area contributed by atoms with Crippen LogP contribution in [0.3, 0.4) is 0 Å². The minimum absolute atomic E-state index is 0.0853. The average molecular weight is 433 g/mol. The summed E-state index contributed by atoms with van der Waals surface area (Å²) in [7, 11) is 0. The Morgan fingerprint density at radius 1 is 0.875 bits per heavy atom. The molecule has 0 fully saturated rings. The summed E-state index contributed by atoms with van der Waals surface area (Å²) in [5, 5.41) is 11.6. The number of carboxylic acid groups (broad SMARTS) is 1.